The molecule has 0 fully saturated rings. The summed E-state index contributed by atoms with van der Waals surface area (Å²) in [5.74, 6) is 0.469. The second-order valence-electron chi connectivity index (χ2n) is 4.00. The van der Waals surface area contributed by atoms with Crippen molar-refractivity contribution >= 4 is 44.9 Å². The molecule has 0 saturated carbocycles. The Kier molecular flexibility index (Phi) is 5.08. The smallest absolute Gasteiger partial charge is 0.197 e. The summed E-state index contributed by atoms with van der Waals surface area (Å²) in [6.07, 6.45) is 0. The molecule has 20 heavy (non-hydrogen) atoms. The van der Waals surface area contributed by atoms with Gasteiger partial charge < -0.3 is 4.74 Å². The van der Waals surface area contributed by atoms with Crippen LogP contribution < -0.4 is 4.74 Å². The number of ketones is 1. The van der Waals surface area contributed by atoms with Gasteiger partial charge in [0.1, 0.15) is 5.75 Å². The zero-order chi connectivity index (χ0) is 14.7. The normalized spacial score (nSPS) is 10.4. The molecule has 104 valence electrons. The first-order valence-electron chi connectivity index (χ1n) is 5.95. The van der Waals surface area contributed by atoms with E-state index in [9.17, 15) is 4.79 Å². The highest BCUT2D eigenvalue weighted by molar-refractivity contribution is 9.10. The van der Waals surface area contributed by atoms with Gasteiger partial charge in [-0.2, -0.15) is 0 Å². The van der Waals surface area contributed by atoms with Crippen LogP contribution in [0.15, 0.2) is 40.9 Å². The molecular formula is C15H11BrCl2O2. The molecule has 0 aliphatic rings. The van der Waals surface area contributed by atoms with Crippen molar-refractivity contribution < 1.29 is 9.53 Å². The number of rotatable bonds is 4. The molecule has 0 aliphatic heterocycles. The lowest BCUT2D eigenvalue weighted by Crippen LogP contribution is -2.04. The van der Waals surface area contributed by atoms with E-state index in [2.05, 4.69) is 15.9 Å². The summed E-state index contributed by atoms with van der Waals surface area (Å²) in [6, 6.07) is 10.2. The van der Waals surface area contributed by atoms with E-state index >= 15 is 0 Å². The number of carbonyl (C=O) groups is 1. The summed E-state index contributed by atoms with van der Waals surface area (Å²) in [4.78, 5) is 12.5. The molecule has 0 saturated heterocycles. The Labute approximate surface area is 135 Å². The van der Waals surface area contributed by atoms with E-state index in [1.165, 1.54) is 0 Å². The van der Waals surface area contributed by atoms with Crippen LogP contribution in [-0.4, -0.2) is 12.4 Å². The standard InChI is InChI=1S/C15H11BrCl2O2/c1-2-20-9-6-7-10(11(16)8-9)15(19)14-12(17)4-3-5-13(14)18/h3-8H,2H2,1H3. The minimum Gasteiger partial charge on any atom is -0.494 e. The number of ether oxygens (including phenoxy) is 1. The van der Waals surface area contributed by atoms with Gasteiger partial charge in [0, 0.05) is 10.0 Å². The Bertz CT molecular complexity index is 636. The van der Waals surface area contributed by atoms with E-state index in [1.807, 2.05) is 6.92 Å². The SMILES string of the molecule is CCOc1ccc(C(=O)c2c(Cl)cccc2Cl)c(Br)c1. The molecule has 2 nitrogen and oxygen atoms in total. The molecule has 0 spiro atoms. The number of halogens is 3. The van der Waals surface area contributed by atoms with E-state index in [-0.39, 0.29) is 5.78 Å². The minimum absolute atomic E-state index is 0.226. The van der Waals surface area contributed by atoms with E-state index in [4.69, 9.17) is 27.9 Å². The van der Waals surface area contributed by atoms with Crippen LogP contribution >= 0.6 is 39.1 Å². The number of carbonyl (C=O) groups excluding carboxylic acids is 1. The van der Waals surface area contributed by atoms with Gasteiger partial charge in [-0.1, -0.05) is 29.3 Å². The molecule has 0 heterocycles. The third-order valence-electron chi connectivity index (χ3n) is 2.69. The summed E-state index contributed by atoms with van der Waals surface area (Å²) in [7, 11) is 0. The van der Waals surface area contributed by atoms with Crippen molar-refractivity contribution in [3.63, 3.8) is 0 Å². The number of hydrogen-bond donors (Lipinski definition) is 0. The lowest BCUT2D eigenvalue weighted by atomic mass is 10.0. The molecule has 2 rings (SSSR count). The summed E-state index contributed by atoms with van der Waals surface area (Å²) in [5.41, 5.74) is 0.796. The molecule has 2 aromatic rings. The zero-order valence-corrected chi connectivity index (χ0v) is 13.7. The predicted octanol–water partition coefficient (Wildman–Crippen LogP) is 5.39. The largest absolute Gasteiger partial charge is 0.494 e. The van der Waals surface area contributed by atoms with Gasteiger partial charge in [-0.15, -0.1) is 0 Å². The summed E-state index contributed by atoms with van der Waals surface area (Å²) >= 11 is 15.5. The van der Waals surface area contributed by atoms with Crippen LogP contribution in [0.2, 0.25) is 10.0 Å². The van der Waals surface area contributed by atoms with Crippen molar-refractivity contribution in [3.05, 3.63) is 62.0 Å². The van der Waals surface area contributed by atoms with Gasteiger partial charge in [0.25, 0.3) is 0 Å². The Morgan fingerprint density at radius 3 is 2.40 bits per heavy atom. The van der Waals surface area contributed by atoms with Crippen LogP contribution in [0.3, 0.4) is 0 Å². The maximum Gasteiger partial charge on any atom is 0.197 e. The highest BCUT2D eigenvalue weighted by atomic mass is 79.9. The first-order valence-corrected chi connectivity index (χ1v) is 7.50. The lowest BCUT2D eigenvalue weighted by molar-refractivity contribution is 0.103. The van der Waals surface area contributed by atoms with Gasteiger partial charge in [-0.3, -0.25) is 4.79 Å². The predicted molar refractivity (Wildman–Crippen MR) is 85.2 cm³/mol. The molecule has 5 heteroatoms. The summed E-state index contributed by atoms with van der Waals surface area (Å²) in [5, 5.41) is 0.673. The molecule has 0 radical (unpaired) electrons. The van der Waals surface area contributed by atoms with Crippen LogP contribution in [0, 0.1) is 0 Å². The summed E-state index contributed by atoms with van der Waals surface area (Å²) < 4.78 is 6.02. The maximum absolute atomic E-state index is 12.5. The average Bonchev–Trinajstić information content (AvgIpc) is 2.38. The Morgan fingerprint density at radius 1 is 1.20 bits per heavy atom. The number of benzene rings is 2. The first kappa shape index (κ1) is 15.4. The molecule has 0 bridgehead atoms. The second-order valence-corrected chi connectivity index (χ2v) is 5.67. The quantitative estimate of drug-likeness (QED) is 0.672. The van der Waals surface area contributed by atoms with Crippen LogP contribution in [0.5, 0.6) is 5.75 Å². The van der Waals surface area contributed by atoms with Crippen molar-refractivity contribution in [1.82, 2.24) is 0 Å². The first-order chi connectivity index (χ1) is 9.54. The van der Waals surface area contributed by atoms with Crippen LogP contribution in [-0.2, 0) is 0 Å². The Morgan fingerprint density at radius 2 is 1.85 bits per heavy atom. The van der Waals surface area contributed by atoms with E-state index < -0.39 is 0 Å². The van der Waals surface area contributed by atoms with Crippen LogP contribution in [0.1, 0.15) is 22.8 Å². The Balaban J connectivity index is 2.44. The minimum atomic E-state index is -0.226. The third kappa shape index (κ3) is 3.17. The summed E-state index contributed by atoms with van der Waals surface area (Å²) in [6.45, 7) is 2.46. The van der Waals surface area contributed by atoms with E-state index in [0.29, 0.717) is 38.0 Å². The molecule has 0 N–H and O–H groups in total. The van der Waals surface area contributed by atoms with Gasteiger partial charge in [0.2, 0.25) is 0 Å². The average molecular weight is 374 g/mol. The van der Waals surface area contributed by atoms with Crippen LogP contribution in [0.4, 0.5) is 0 Å². The lowest BCUT2D eigenvalue weighted by Gasteiger charge is -2.09. The Hall–Kier alpha value is -1.03. The third-order valence-corrected chi connectivity index (χ3v) is 3.97. The van der Waals surface area contributed by atoms with Gasteiger partial charge >= 0.3 is 0 Å². The van der Waals surface area contributed by atoms with Crippen molar-refractivity contribution in [2.24, 2.45) is 0 Å². The molecule has 0 unspecified atom stereocenters. The second kappa shape index (κ2) is 6.61. The fourth-order valence-electron chi connectivity index (χ4n) is 1.79. The van der Waals surface area contributed by atoms with E-state index in [0.717, 1.165) is 0 Å². The van der Waals surface area contributed by atoms with Crippen molar-refractivity contribution in [1.29, 1.82) is 0 Å². The molecule has 0 aliphatic carbocycles. The fraction of sp³-hybridized carbons (Fsp3) is 0.133. The van der Waals surface area contributed by atoms with Crippen molar-refractivity contribution in [2.75, 3.05) is 6.61 Å². The monoisotopic (exact) mass is 372 g/mol. The molecule has 0 amide bonds. The topological polar surface area (TPSA) is 26.3 Å². The van der Waals surface area contributed by atoms with Gasteiger partial charge in [0.15, 0.2) is 5.78 Å². The van der Waals surface area contributed by atoms with Crippen molar-refractivity contribution in [2.45, 2.75) is 6.92 Å². The van der Waals surface area contributed by atoms with Gasteiger partial charge in [-0.05, 0) is 53.2 Å². The fourth-order valence-corrected chi connectivity index (χ4v) is 2.89. The van der Waals surface area contributed by atoms with Gasteiger partial charge in [-0.25, -0.2) is 0 Å². The maximum atomic E-state index is 12.5. The molecule has 0 aromatic heterocycles. The molecule has 2 aromatic carbocycles. The van der Waals surface area contributed by atoms with Crippen LogP contribution in [0.25, 0.3) is 0 Å². The molecular weight excluding hydrogens is 363 g/mol. The highest BCUT2D eigenvalue weighted by Gasteiger charge is 2.19. The van der Waals surface area contributed by atoms with Crippen molar-refractivity contribution in [3.8, 4) is 5.75 Å². The van der Waals surface area contributed by atoms with E-state index in [1.54, 1.807) is 36.4 Å². The van der Waals surface area contributed by atoms with Gasteiger partial charge in [0.05, 0.1) is 22.2 Å². The number of hydrogen-bond acceptors (Lipinski definition) is 2. The zero-order valence-electron chi connectivity index (χ0n) is 10.6. The molecule has 0 atom stereocenters. The highest BCUT2D eigenvalue weighted by Crippen LogP contribution is 2.31.